The smallest absolute Gasteiger partial charge is 0.319 e. The normalized spacial score (nSPS) is 11.9. The van der Waals surface area contributed by atoms with E-state index in [2.05, 4.69) is 15.5 Å². The topological polar surface area (TPSA) is 53.6 Å². The molecule has 2 N–H and O–H groups in total. The van der Waals surface area contributed by atoms with E-state index in [1.165, 1.54) is 0 Å². The maximum absolute atomic E-state index is 12.1. The van der Waals surface area contributed by atoms with Gasteiger partial charge in [-0.15, -0.1) is 0 Å². The van der Waals surface area contributed by atoms with Crippen molar-refractivity contribution >= 4 is 11.7 Å². The van der Waals surface area contributed by atoms with E-state index in [1.807, 2.05) is 69.6 Å². The summed E-state index contributed by atoms with van der Waals surface area (Å²) in [5.41, 5.74) is 2.97. The third-order valence-electron chi connectivity index (χ3n) is 3.89. The van der Waals surface area contributed by atoms with E-state index in [1.54, 1.807) is 7.11 Å². The van der Waals surface area contributed by atoms with Crippen LogP contribution in [0.2, 0.25) is 0 Å². The Kier molecular flexibility index (Phi) is 6.21. The van der Waals surface area contributed by atoms with Gasteiger partial charge in [-0.1, -0.05) is 35.9 Å². The number of nitrogens with one attached hydrogen (secondary N) is 2. The summed E-state index contributed by atoms with van der Waals surface area (Å²) in [6, 6.07) is 15.4. The van der Waals surface area contributed by atoms with Crippen molar-refractivity contribution in [3.63, 3.8) is 0 Å². The zero-order valence-electron chi connectivity index (χ0n) is 14.7. The number of ether oxygens (including phenoxy) is 1. The Morgan fingerprint density at radius 1 is 1.12 bits per heavy atom. The van der Waals surface area contributed by atoms with Gasteiger partial charge in [0.25, 0.3) is 0 Å². The number of nitrogens with zero attached hydrogens (tertiary/aromatic N) is 1. The maximum atomic E-state index is 12.1. The number of para-hydroxylation sites is 1. The number of benzene rings is 2. The van der Waals surface area contributed by atoms with Gasteiger partial charge >= 0.3 is 6.03 Å². The zero-order valence-corrected chi connectivity index (χ0v) is 14.7. The predicted molar refractivity (Wildman–Crippen MR) is 97.6 cm³/mol. The average molecular weight is 327 g/mol. The molecular weight excluding hydrogens is 302 g/mol. The fraction of sp³-hybridized carbons (Fsp3) is 0.316. The lowest BCUT2D eigenvalue weighted by molar-refractivity contribution is 0.242. The molecule has 5 nitrogen and oxygen atoms in total. The van der Waals surface area contributed by atoms with E-state index in [9.17, 15) is 4.79 Å². The number of urea groups is 1. The Balaban J connectivity index is 2.01. The van der Waals surface area contributed by atoms with Gasteiger partial charge in [0.2, 0.25) is 0 Å². The van der Waals surface area contributed by atoms with Crippen LogP contribution in [-0.4, -0.2) is 38.7 Å². The Morgan fingerprint density at radius 3 is 2.42 bits per heavy atom. The number of hydrogen-bond donors (Lipinski definition) is 2. The Morgan fingerprint density at radius 2 is 1.79 bits per heavy atom. The molecule has 2 aromatic carbocycles. The highest BCUT2D eigenvalue weighted by atomic mass is 16.5. The van der Waals surface area contributed by atoms with E-state index in [-0.39, 0.29) is 12.1 Å². The van der Waals surface area contributed by atoms with Gasteiger partial charge in [-0.25, -0.2) is 4.79 Å². The molecule has 2 aromatic rings. The number of carbonyl (C=O) groups is 1. The zero-order chi connectivity index (χ0) is 17.5. The molecule has 0 aliphatic carbocycles. The van der Waals surface area contributed by atoms with Crippen LogP contribution in [0, 0.1) is 6.92 Å². The largest absolute Gasteiger partial charge is 0.496 e. The quantitative estimate of drug-likeness (QED) is 0.855. The van der Waals surface area contributed by atoms with E-state index in [0.717, 1.165) is 22.6 Å². The highest BCUT2D eigenvalue weighted by molar-refractivity contribution is 5.89. The van der Waals surface area contributed by atoms with E-state index < -0.39 is 0 Å². The lowest BCUT2D eigenvalue weighted by Crippen LogP contribution is -2.37. The molecule has 2 rings (SSSR count). The number of anilines is 1. The first-order valence-corrected chi connectivity index (χ1v) is 7.92. The molecule has 0 fully saturated rings. The first-order chi connectivity index (χ1) is 11.5. The molecule has 0 saturated carbocycles. The molecular formula is C19H25N3O2. The van der Waals surface area contributed by atoms with Crippen molar-refractivity contribution in [2.24, 2.45) is 0 Å². The van der Waals surface area contributed by atoms with Crippen LogP contribution in [-0.2, 0) is 0 Å². The van der Waals surface area contributed by atoms with Crippen LogP contribution in [0.5, 0.6) is 5.75 Å². The molecule has 5 heteroatoms. The van der Waals surface area contributed by atoms with Gasteiger partial charge in [-0.3, -0.25) is 0 Å². The summed E-state index contributed by atoms with van der Waals surface area (Å²) < 4.78 is 5.44. The molecule has 0 spiro atoms. The second-order valence-corrected chi connectivity index (χ2v) is 5.92. The predicted octanol–water partition coefficient (Wildman–Crippen LogP) is 3.43. The van der Waals surface area contributed by atoms with Crippen molar-refractivity contribution in [2.75, 3.05) is 33.1 Å². The number of likely N-dealkylation sites (N-methyl/N-ethyl adjacent to an activating group) is 1. The maximum Gasteiger partial charge on any atom is 0.319 e. The Hall–Kier alpha value is -2.53. The van der Waals surface area contributed by atoms with Gasteiger partial charge in [0.15, 0.2) is 0 Å². The molecule has 0 heterocycles. The van der Waals surface area contributed by atoms with E-state index in [0.29, 0.717) is 6.54 Å². The minimum atomic E-state index is -0.222. The molecule has 1 unspecified atom stereocenters. The SMILES string of the molecule is COc1ccccc1C(CNC(=O)Nc1ccc(C)cc1)N(C)C. The molecule has 0 saturated heterocycles. The molecule has 0 aliphatic heterocycles. The highest BCUT2D eigenvalue weighted by Crippen LogP contribution is 2.27. The van der Waals surface area contributed by atoms with Crippen LogP contribution in [0.1, 0.15) is 17.2 Å². The minimum absolute atomic E-state index is 0.0184. The summed E-state index contributed by atoms with van der Waals surface area (Å²) in [5, 5.41) is 5.77. The van der Waals surface area contributed by atoms with Gasteiger partial charge in [-0.05, 0) is 39.2 Å². The first kappa shape index (κ1) is 17.8. The Labute approximate surface area is 143 Å². The van der Waals surface area contributed by atoms with Gasteiger partial charge < -0.3 is 20.3 Å². The lowest BCUT2D eigenvalue weighted by Gasteiger charge is -2.26. The van der Waals surface area contributed by atoms with Crippen LogP contribution in [0.4, 0.5) is 10.5 Å². The van der Waals surface area contributed by atoms with Crippen LogP contribution in [0.3, 0.4) is 0 Å². The minimum Gasteiger partial charge on any atom is -0.496 e. The summed E-state index contributed by atoms with van der Waals surface area (Å²) in [7, 11) is 5.62. The molecule has 0 aliphatic rings. The summed E-state index contributed by atoms with van der Waals surface area (Å²) in [6.45, 7) is 2.49. The second-order valence-electron chi connectivity index (χ2n) is 5.92. The molecule has 128 valence electrons. The average Bonchev–Trinajstić information content (AvgIpc) is 2.57. The lowest BCUT2D eigenvalue weighted by atomic mass is 10.0. The third kappa shape index (κ3) is 4.73. The van der Waals surface area contributed by atoms with E-state index >= 15 is 0 Å². The van der Waals surface area contributed by atoms with E-state index in [4.69, 9.17) is 4.74 Å². The van der Waals surface area contributed by atoms with Crippen LogP contribution in [0.15, 0.2) is 48.5 Å². The van der Waals surface area contributed by atoms with Crippen LogP contribution >= 0.6 is 0 Å². The molecule has 0 bridgehead atoms. The summed E-state index contributed by atoms with van der Waals surface area (Å²) in [5.74, 6) is 0.817. The van der Waals surface area contributed by atoms with Crippen molar-refractivity contribution in [1.82, 2.24) is 10.2 Å². The van der Waals surface area contributed by atoms with Gasteiger partial charge in [-0.2, -0.15) is 0 Å². The number of methoxy groups -OCH3 is 1. The summed E-state index contributed by atoms with van der Waals surface area (Å²) >= 11 is 0. The number of carbonyl (C=O) groups excluding carboxylic acids is 1. The van der Waals surface area contributed by atoms with Crippen LogP contribution < -0.4 is 15.4 Å². The molecule has 0 aromatic heterocycles. The molecule has 1 atom stereocenters. The van der Waals surface area contributed by atoms with Crippen molar-refractivity contribution in [3.05, 3.63) is 59.7 Å². The van der Waals surface area contributed by atoms with Gasteiger partial charge in [0, 0.05) is 17.8 Å². The number of amides is 2. The summed E-state index contributed by atoms with van der Waals surface area (Å²) in [4.78, 5) is 14.2. The first-order valence-electron chi connectivity index (χ1n) is 7.92. The van der Waals surface area contributed by atoms with Gasteiger partial charge in [0.1, 0.15) is 5.75 Å². The fourth-order valence-corrected chi connectivity index (χ4v) is 2.51. The number of hydrogen-bond acceptors (Lipinski definition) is 3. The van der Waals surface area contributed by atoms with Gasteiger partial charge in [0.05, 0.1) is 13.2 Å². The third-order valence-corrected chi connectivity index (χ3v) is 3.89. The number of aryl methyl sites for hydroxylation is 1. The second kappa shape index (κ2) is 8.36. The fourth-order valence-electron chi connectivity index (χ4n) is 2.51. The molecule has 0 radical (unpaired) electrons. The number of rotatable bonds is 6. The van der Waals surface area contributed by atoms with Crippen molar-refractivity contribution in [3.8, 4) is 5.75 Å². The van der Waals surface area contributed by atoms with Crippen molar-refractivity contribution in [2.45, 2.75) is 13.0 Å². The molecule has 2 amide bonds. The monoisotopic (exact) mass is 327 g/mol. The van der Waals surface area contributed by atoms with Crippen molar-refractivity contribution in [1.29, 1.82) is 0 Å². The highest BCUT2D eigenvalue weighted by Gasteiger charge is 2.18. The standard InChI is InChI=1S/C19H25N3O2/c1-14-9-11-15(12-10-14)21-19(23)20-13-17(22(2)3)16-7-5-6-8-18(16)24-4/h5-12,17H,13H2,1-4H3,(H2,20,21,23). The Bertz CT molecular complexity index is 669. The molecule has 24 heavy (non-hydrogen) atoms. The van der Waals surface area contributed by atoms with Crippen LogP contribution in [0.25, 0.3) is 0 Å². The summed E-state index contributed by atoms with van der Waals surface area (Å²) in [6.07, 6.45) is 0. The van der Waals surface area contributed by atoms with Crippen molar-refractivity contribution < 1.29 is 9.53 Å².